The minimum Gasteiger partial charge on any atom is -0.451 e. The number of para-hydroxylation sites is 1. The summed E-state index contributed by atoms with van der Waals surface area (Å²) in [5, 5.41) is 3.70. The number of rotatable bonds is 8. The van der Waals surface area contributed by atoms with Crippen LogP contribution in [-0.4, -0.2) is 34.3 Å². The standard InChI is InChI=1S/C23H23N3O3S/c1-30-23-24-14-19(26(23)18-10-6-3-7-11-18)22(28)29-15-20(27)25-21(17-12-13-17)16-8-4-2-5-9-16/h2-11,14,17,21H,12-13,15H2,1H3,(H,25,27). The van der Waals surface area contributed by atoms with Crippen molar-refractivity contribution in [2.45, 2.75) is 24.0 Å². The fourth-order valence-electron chi connectivity index (χ4n) is 3.43. The molecule has 1 saturated carbocycles. The summed E-state index contributed by atoms with van der Waals surface area (Å²) in [5.41, 5.74) is 2.18. The summed E-state index contributed by atoms with van der Waals surface area (Å²) in [6, 6.07) is 19.3. The number of nitrogens with one attached hydrogen (secondary N) is 1. The lowest BCUT2D eigenvalue weighted by Gasteiger charge is -2.19. The van der Waals surface area contributed by atoms with Gasteiger partial charge in [-0.25, -0.2) is 9.78 Å². The number of amides is 1. The van der Waals surface area contributed by atoms with E-state index in [1.54, 1.807) is 4.57 Å². The van der Waals surface area contributed by atoms with Crippen LogP contribution in [0.1, 0.15) is 34.9 Å². The highest BCUT2D eigenvalue weighted by Gasteiger charge is 2.33. The average molecular weight is 422 g/mol. The molecule has 1 heterocycles. The Morgan fingerprint density at radius 3 is 2.43 bits per heavy atom. The van der Waals surface area contributed by atoms with E-state index in [2.05, 4.69) is 10.3 Å². The van der Waals surface area contributed by atoms with Crippen molar-refractivity contribution in [2.24, 2.45) is 5.92 Å². The van der Waals surface area contributed by atoms with Crippen LogP contribution in [0.3, 0.4) is 0 Å². The maximum Gasteiger partial charge on any atom is 0.357 e. The van der Waals surface area contributed by atoms with Crippen LogP contribution in [0.4, 0.5) is 0 Å². The van der Waals surface area contributed by atoms with Crippen LogP contribution in [-0.2, 0) is 9.53 Å². The van der Waals surface area contributed by atoms with Crippen LogP contribution >= 0.6 is 11.8 Å². The first kappa shape index (κ1) is 20.2. The summed E-state index contributed by atoms with van der Waals surface area (Å²) in [6.45, 7) is -0.330. The number of carbonyl (C=O) groups excluding carboxylic acids is 2. The molecule has 7 heteroatoms. The summed E-state index contributed by atoms with van der Waals surface area (Å²) in [5.74, 6) is -0.444. The third-order valence-corrected chi connectivity index (χ3v) is 5.69. The monoisotopic (exact) mass is 421 g/mol. The maximum atomic E-state index is 12.7. The number of benzene rings is 2. The van der Waals surface area contributed by atoms with Crippen LogP contribution in [0.15, 0.2) is 72.0 Å². The molecule has 30 heavy (non-hydrogen) atoms. The molecule has 4 rings (SSSR count). The van der Waals surface area contributed by atoms with Gasteiger partial charge in [-0.15, -0.1) is 0 Å². The highest BCUT2D eigenvalue weighted by molar-refractivity contribution is 7.98. The van der Waals surface area contributed by atoms with Crippen LogP contribution in [0.5, 0.6) is 0 Å². The number of esters is 1. The lowest BCUT2D eigenvalue weighted by atomic mass is 10.0. The molecule has 0 saturated heterocycles. The normalized spacial score (nSPS) is 14.2. The Morgan fingerprint density at radius 2 is 1.80 bits per heavy atom. The highest BCUT2D eigenvalue weighted by Crippen LogP contribution is 2.40. The molecule has 2 aromatic carbocycles. The molecule has 1 N–H and O–H groups in total. The molecule has 1 amide bonds. The Kier molecular flexibility index (Phi) is 6.18. The zero-order chi connectivity index (χ0) is 20.9. The van der Waals surface area contributed by atoms with Crippen molar-refractivity contribution in [1.29, 1.82) is 0 Å². The van der Waals surface area contributed by atoms with Crippen molar-refractivity contribution in [3.05, 3.63) is 78.1 Å². The third kappa shape index (κ3) is 4.57. The third-order valence-electron chi connectivity index (χ3n) is 5.04. The maximum absolute atomic E-state index is 12.7. The number of thioether (sulfide) groups is 1. The Balaban J connectivity index is 1.43. The zero-order valence-electron chi connectivity index (χ0n) is 16.7. The van der Waals surface area contributed by atoms with Crippen LogP contribution in [0, 0.1) is 5.92 Å². The molecule has 1 aliphatic carbocycles. The van der Waals surface area contributed by atoms with Gasteiger partial charge in [0.05, 0.1) is 12.2 Å². The van der Waals surface area contributed by atoms with Crippen molar-refractivity contribution in [3.8, 4) is 5.69 Å². The van der Waals surface area contributed by atoms with E-state index in [9.17, 15) is 9.59 Å². The van der Waals surface area contributed by atoms with Gasteiger partial charge in [0.2, 0.25) is 0 Å². The minimum absolute atomic E-state index is 0.0460. The van der Waals surface area contributed by atoms with Gasteiger partial charge in [0.25, 0.3) is 5.91 Å². The molecule has 3 aromatic rings. The molecule has 1 fully saturated rings. The SMILES string of the molecule is CSc1ncc(C(=O)OCC(=O)NC(c2ccccc2)C2CC2)n1-c1ccccc1. The number of imidazole rings is 1. The van der Waals surface area contributed by atoms with Crippen LogP contribution < -0.4 is 5.32 Å². The molecule has 1 aromatic heterocycles. The Labute approximate surface area is 179 Å². The predicted molar refractivity (Wildman–Crippen MR) is 116 cm³/mol. The number of carbonyl (C=O) groups is 2. The van der Waals surface area contributed by atoms with Gasteiger partial charge in [0, 0.05) is 5.69 Å². The van der Waals surface area contributed by atoms with Crippen LogP contribution in [0.2, 0.25) is 0 Å². The van der Waals surface area contributed by atoms with E-state index in [1.165, 1.54) is 18.0 Å². The first-order valence-corrected chi connectivity index (χ1v) is 11.1. The molecule has 1 unspecified atom stereocenters. The lowest BCUT2D eigenvalue weighted by Crippen LogP contribution is -2.33. The van der Waals surface area contributed by atoms with Gasteiger partial charge < -0.3 is 10.1 Å². The van der Waals surface area contributed by atoms with Crippen LogP contribution in [0.25, 0.3) is 5.69 Å². The first-order valence-electron chi connectivity index (χ1n) is 9.86. The number of hydrogen-bond acceptors (Lipinski definition) is 5. The summed E-state index contributed by atoms with van der Waals surface area (Å²) < 4.78 is 7.06. The molecule has 154 valence electrons. The molecule has 0 radical (unpaired) electrons. The highest BCUT2D eigenvalue weighted by atomic mass is 32.2. The molecule has 0 aliphatic heterocycles. The quantitative estimate of drug-likeness (QED) is 0.439. The number of hydrogen-bond donors (Lipinski definition) is 1. The molecule has 6 nitrogen and oxygen atoms in total. The Morgan fingerprint density at radius 1 is 1.13 bits per heavy atom. The lowest BCUT2D eigenvalue weighted by molar-refractivity contribution is -0.125. The van der Waals surface area contributed by atoms with Gasteiger partial charge in [0.15, 0.2) is 17.5 Å². The topological polar surface area (TPSA) is 73.2 Å². The zero-order valence-corrected chi connectivity index (χ0v) is 17.5. The van der Waals surface area contributed by atoms with E-state index in [0.717, 1.165) is 24.1 Å². The fourth-order valence-corrected chi connectivity index (χ4v) is 3.98. The first-order chi connectivity index (χ1) is 14.7. The van der Waals surface area contributed by atoms with Crippen molar-refractivity contribution in [1.82, 2.24) is 14.9 Å². The summed E-state index contributed by atoms with van der Waals surface area (Å²) in [7, 11) is 0. The molecule has 0 spiro atoms. The average Bonchev–Trinajstić information content (AvgIpc) is 3.54. The predicted octanol–water partition coefficient (Wildman–Crippen LogP) is 4.02. The summed E-state index contributed by atoms with van der Waals surface area (Å²) in [6.07, 6.45) is 5.56. The van der Waals surface area contributed by atoms with E-state index in [4.69, 9.17) is 4.74 Å². The summed E-state index contributed by atoms with van der Waals surface area (Å²) in [4.78, 5) is 29.5. The van der Waals surface area contributed by atoms with Gasteiger partial charge in [-0.3, -0.25) is 9.36 Å². The van der Waals surface area contributed by atoms with Crippen molar-refractivity contribution >= 4 is 23.6 Å². The number of ether oxygens (including phenoxy) is 1. The van der Waals surface area contributed by atoms with Crippen molar-refractivity contribution < 1.29 is 14.3 Å². The van der Waals surface area contributed by atoms with E-state index >= 15 is 0 Å². The van der Waals surface area contributed by atoms with Gasteiger partial charge in [-0.1, -0.05) is 60.3 Å². The van der Waals surface area contributed by atoms with Gasteiger partial charge >= 0.3 is 5.97 Å². The largest absolute Gasteiger partial charge is 0.451 e. The van der Waals surface area contributed by atoms with Crippen molar-refractivity contribution in [2.75, 3.05) is 12.9 Å². The Hall–Kier alpha value is -3.06. The minimum atomic E-state index is -0.579. The van der Waals surface area contributed by atoms with Gasteiger partial charge in [0.1, 0.15) is 0 Å². The van der Waals surface area contributed by atoms with Gasteiger partial charge in [-0.2, -0.15) is 0 Å². The molecule has 0 bridgehead atoms. The summed E-state index contributed by atoms with van der Waals surface area (Å²) >= 11 is 1.43. The second-order valence-corrected chi connectivity index (χ2v) is 7.94. The smallest absolute Gasteiger partial charge is 0.357 e. The molecule has 1 aliphatic rings. The van der Waals surface area contributed by atoms with E-state index < -0.39 is 5.97 Å². The fraction of sp³-hybridized carbons (Fsp3) is 0.261. The molecule has 1 atom stereocenters. The van der Waals surface area contributed by atoms with Crippen molar-refractivity contribution in [3.63, 3.8) is 0 Å². The number of aromatic nitrogens is 2. The van der Waals surface area contributed by atoms with E-state index in [-0.39, 0.29) is 18.6 Å². The second kappa shape index (κ2) is 9.17. The second-order valence-electron chi connectivity index (χ2n) is 7.17. The molecular formula is C23H23N3O3S. The Bertz CT molecular complexity index is 1020. The van der Waals surface area contributed by atoms with E-state index in [0.29, 0.717) is 16.8 Å². The molecular weight excluding hydrogens is 398 g/mol. The number of nitrogens with zero attached hydrogens (tertiary/aromatic N) is 2. The van der Waals surface area contributed by atoms with Gasteiger partial charge in [-0.05, 0) is 42.7 Å². The van der Waals surface area contributed by atoms with E-state index in [1.807, 2.05) is 66.9 Å².